The van der Waals surface area contributed by atoms with Crippen molar-refractivity contribution in [1.29, 1.82) is 0 Å². The Morgan fingerprint density at radius 1 is 1.56 bits per heavy atom. The lowest BCUT2D eigenvalue weighted by atomic mass is 10.2. The molecule has 0 bridgehead atoms. The molecule has 1 aliphatic heterocycles. The maximum Gasteiger partial charge on any atom is 0.244 e. The van der Waals surface area contributed by atoms with Crippen LogP contribution in [0.1, 0.15) is 18.4 Å². The highest BCUT2D eigenvalue weighted by atomic mass is 32.1. The number of hydrogen-bond acceptors (Lipinski definition) is 5. The standard InChI is InChI=1S/C10H10FN3OS/c11-7-3-8(12-4-7)10-13-9(14-15-10)6-1-2-16-5-6/h1-2,5,7-8,12H,3-4H2/t7-,8+/m1/s1. The molecule has 2 aromatic heterocycles. The molecule has 2 atom stereocenters. The van der Waals surface area contributed by atoms with Gasteiger partial charge in [0, 0.05) is 23.9 Å². The van der Waals surface area contributed by atoms with Crippen LogP contribution in [-0.2, 0) is 0 Å². The van der Waals surface area contributed by atoms with Crippen molar-refractivity contribution in [2.24, 2.45) is 0 Å². The summed E-state index contributed by atoms with van der Waals surface area (Å²) < 4.78 is 18.1. The Morgan fingerprint density at radius 3 is 3.19 bits per heavy atom. The smallest absolute Gasteiger partial charge is 0.244 e. The van der Waals surface area contributed by atoms with Gasteiger partial charge in [-0.25, -0.2) is 4.39 Å². The highest BCUT2D eigenvalue weighted by Gasteiger charge is 2.29. The minimum absolute atomic E-state index is 0.144. The maximum atomic E-state index is 13.0. The zero-order valence-electron chi connectivity index (χ0n) is 8.39. The molecule has 3 heterocycles. The van der Waals surface area contributed by atoms with Crippen LogP contribution in [0.4, 0.5) is 4.39 Å². The fourth-order valence-electron chi connectivity index (χ4n) is 1.77. The molecule has 0 amide bonds. The Labute approximate surface area is 95.5 Å². The van der Waals surface area contributed by atoms with Gasteiger partial charge in [-0.15, -0.1) is 0 Å². The number of halogens is 1. The Hall–Kier alpha value is -1.27. The lowest BCUT2D eigenvalue weighted by molar-refractivity contribution is 0.324. The minimum Gasteiger partial charge on any atom is -0.337 e. The SMILES string of the molecule is F[C@H]1CN[C@H](c2nc(-c3ccsc3)no2)C1. The third kappa shape index (κ3) is 1.74. The van der Waals surface area contributed by atoms with Gasteiger partial charge in [-0.3, -0.25) is 0 Å². The molecular formula is C10H10FN3OS. The number of nitrogens with zero attached hydrogens (tertiary/aromatic N) is 2. The summed E-state index contributed by atoms with van der Waals surface area (Å²) in [6.45, 7) is 0.362. The molecule has 4 nitrogen and oxygen atoms in total. The summed E-state index contributed by atoms with van der Waals surface area (Å²) in [5, 5.41) is 10.8. The van der Waals surface area contributed by atoms with Gasteiger partial charge in [-0.2, -0.15) is 16.3 Å². The number of alkyl halides is 1. The lowest BCUT2D eigenvalue weighted by Crippen LogP contribution is -2.14. The van der Waals surface area contributed by atoms with Crippen LogP contribution in [0, 0.1) is 0 Å². The summed E-state index contributed by atoms with van der Waals surface area (Å²) in [4.78, 5) is 4.27. The summed E-state index contributed by atoms with van der Waals surface area (Å²) in [5.74, 6) is 1.04. The molecule has 1 aliphatic rings. The minimum atomic E-state index is -0.818. The molecule has 0 unspecified atom stereocenters. The van der Waals surface area contributed by atoms with Crippen molar-refractivity contribution >= 4 is 11.3 Å². The van der Waals surface area contributed by atoms with Crippen LogP contribution in [0.3, 0.4) is 0 Å². The van der Waals surface area contributed by atoms with Crippen molar-refractivity contribution in [3.05, 3.63) is 22.7 Å². The average molecular weight is 239 g/mol. The zero-order valence-corrected chi connectivity index (χ0v) is 9.21. The van der Waals surface area contributed by atoms with E-state index in [9.17, 15) is 4.39 Å². The molecule has 3 rings (SSSR count). The molecule has 0 saturated carbocycles. The highest BCUT2D eigenvalue weighted by Crippen LogP contribution is 2.26. The van der Waals surface area contributed by atoms with Crippen LogP contribution in [-0.4, -0.2) is 22.9 Å². The molecule has 1 saturated heterocycles. The van der Waals surface area contributed by atoms with Gasteiger partial charge in [0.2, 0.25) is 11.7 Å². The fourth-order valence-corrected chi connectivity index (χ4v) is 2.40. The summed E-state index contributed by atoms with van der Waals surface area (Å²) in [5.41, 5.74) is 0.940. The molecule has 1 N–H and O–H groups in total. The second-order valence-electron chi connectivity index (χ2n) is 3.76. The first-order chi connectivity index (χ1) is 7.83. The van der Waals surface area contributed by atoms with Gasteiger partial charge < -0.3 is 9.84 Å². The van der Waals surface area contributed by atoms with Gasteiger partial charge in [0.15, 0.2) is 0 Å². The third-order valence-electron chi connectivity index (χ3n) is 2.60. The zero-order chi connectivity index (χ0) is 11.0. The van der Waals surface area contributed by atoms with E-state index in [0.717, 1.165) is 5.56 Å². The number of nitrogens with one attached hydrogen (secondary N) is 1. The average Bonchev–Trinajstić information content (AvgIpc) is 2.97. The van der Waals surface area contributed by atoms with E-state index in [-0.39, 0.29) is 6.04 Å². The Balaban J connectivity index is 1.83. The Morgan fingerprint density at radius 2 is 2.50 bits per heavy atom. The number of thiophene rings is 1. The van der Waals surface area contributed by atoms with Crippen molar-refractivity contribution in [2.75, 3.05) is 6.54 Å². The van der Waals surface area contributed by atoms with E-state index in [2.05, 4.69) is 15.5 Å². The first-order valence-corrected chi connectivity index (χ1v) is 6.01. The monoisotopic (exact) mass is 239 g/mol. The molecule has 2 aromatic rings. The molecule has 84 valence electrons. The first-order valence-electron chi connectivity index (χ1n) is 5.06. The van der Waals surface area contributed by atoms with Crippen molar-refractivity contribution < 1.29 is 8.91 Å². The van der Waals surface area contributed by atoms with Gasteiger partial charge in [0.05, 0.1) is 6.04 Å². The van der Waals surface area contributed by atoms with Crippen LogP contribution in [0.5, 0.6) is 0 Å². The lowest BCUT2D eigenvalue weighted by Gasteiger charge is -2.00. The van der Waals surface area contributed by atoms with E-state index in [1.54, 1.807) is 11.3 Å². The van der Waals surface area contributed by atoms with Gasteiger partial charge in [0.1, 0.15) is 6.17 Å². The fraction of sp³-hybridized carbons (Fsp3) is 0.400. The summed E-state index contributed by atoms with van der Waals surface area (Å²) in [6, 6.07) is 1.79. The van der Waals surface area contributed by atoms with E-state index < -0.39 is 6.17 Å². The molecule has 16 heavy (non-hydrogen) atoms. The topological polar surface area (TPSA) is 51.0 Å². The van der Waals surface area contributed by atoms with Crippen molar-refractivity contribution in [1.82, 2.24) is 15.5 Å². The largest absolute Gasteiger partial charge is 0.337 e. The second-order valence-corrected chi connectivity index (χ2v) is 4.54. The summed E-state index contributed by atoms with van der Waals surface area (Å²) in [6.07, 6.45) is -0.410. The van der Waals surface area contributed by atoms with E-state index >= 15 is 0 Å². The van der Waals surface area contributed by atoms with Crippen LogP contribution >= 0.6 is 11.3 Å². The Bertz CT molecular complexity index is 470. The molecule has 0 aromatic carbocycles. The van der Waals surface area contributed by atoms with Crippen molar-refractivity contribution in [3.8, 4) is 11.4 Å². The van der Waals surface area contributed by atoms with Crippen LogP contribution in [0.2, 0.25) is 0 Å². The summed E-state index contributed by atoms with van der Waals surface area (Å²) >= 11 is 1.58. The van der Waals surface area contributed by atoms with E-state index in [1.165, 1.54) is 0 Å². The number of hydrogen-bond donors (Lipinski definition) is 1. The predicted molar refractivity (Wildman–Crippen MR) is 57.9 cm³/mol. The molecular weight excluding hydrogens is 229 g/mol. The van der Waals surface area contributed by atoms with Gasteiger partial charge >= 0.3 is 0 Å². The van der Waals surface area contributed by atoms with Crippen molar-refractivity contribution in [3.63, 3.8) is 0 Å². The van der Waals surface area contributed by atoms with Crippen molar-refractivity contribution in [2.45, 2.75) is 18.6 Å². The predicted octanol–water partition coefficient (Wildman–Crippen LogP) is 2.17. The van der Waals surface area contributed by atoms with E-state index in [0.29, 0.717) is 24.7 Å². The number of rotatable bonds is 2. The molecule has 0 aliphatic carbocycles. The van der Waals surface area contributed by atoms with Crippen LogP contribution < -0.4 is 5.32 Å². The van der Waals surface area contributed by atoms with Crippen LogP contribution in [0.15, 0.2) is 21.3 Å². The Kier molecular flexibility index (Phi) is 2.45. The second kappa shape index (κ2) is 3.95. The van der Waals surface area contributed by atoms with Gasteiger partial charge in [0.25, 0.3) is 0 Å². The molecule has 0 radical (unpaired) electrons. The quantitative estimate of drug-likeness (QED) is 0.872. The molecule has 0 spiro atoms. The number of aromatic nitrogens is 2. The highest BCUT2D eigenvalue weighted by molar-refractivity contribution is 7.08. The van der Waals surface area contributed by atoms with Crippen LogP contribution in [0.25, 0.3) is 11.4 Å². The van der Waals surface area contributed by atoms with E-state index in [4.69, 9.17) is 4.52 Å². The third-order valence-corrected chi connectivity index (χ3v) is 3.28. The molecule has 1 fully saturated rings. The first kappa shape index (κ1) is 9.92. The summed E-state index contributed by atoms with van der Waals surface area (Å²) in [7, 11) is 0. The van der Waals surface area contributed by atoms with Gasteiger partial charge in [-0.05, 0) is 11.4 Å². The normalized spacial score (nSPS) is 25.1. The van der Waals surface area contributed by atoms with E-state index in [1.807, 2.05) is 16.8 Å². The molecule has 6 heteroatoms. The van der Waals surface area contributed by atoms with Gasteiger partial charge in [-0.1, -0.05) is 5.16 Å². The maximum absolute atomic E-state index is 13.0.